The molecule has 0 saturated carbocycles. The van der Waals surface area contributed by atoms with E-state index < -0.39 is 0 Å². The molecule has 3 rings (SSSR count). The van der Waals surface area contributed by atoms with Crippen molar-refractivity contribution in [1.29, 1.82) is 0 Å². The summed E-state index contributed by atoms with van der Waals surface area (Å²) in [7, 11) is 0. The van der Waals surface area contributed by atoms with Crippen LogP contribution in [0.2, 0.25) is 0 Å². The lowest BCUT2D eigenvalue weighted by atomic mass is 9.92. The summed E-state index contributed by atoms with van der Waals surface area (Å²) in [4.78, 5) is 14.9. The Morgan fingerprint density at radius 3 is 2.42 bits per heavy atom. The predicted octanol–water partition coefficient (Wildman–Crippen LogP) is 3.58. The number of hydrogen-bond acceptors (Lipinski definition) is 3. The second-order valence-corrected chi connectivity index (χ2v) is 6.21. The summed E-state index contributed by atoms with van der Waals surface area (Å²) < 4.78 is 5.45. The van der Waals surface area contributed by atoms with E-state index in [0.717, 1.165) is 19.5 Å². The lowest BCUT2D eigenvalue weighted by Crippen LogP contribution is -2.48. The molecule has 0 aliphatic carbocycles. The molecule has 1 fully saturated rings. The minimum absolute atomic E-state index is 0.0521. The summed E-state index contributed by atoms with van der Waals surface area (Å²) in [5.74, 6) is 0.319. The monoisotopic (exact) mass is 323 g/mol. The molecule has 0 radical (unpaired) electrons. The molecule has 1 heterocycles. The Hall–Kier alpha value is -1.97. The lowest BCUT2D eigenvalue weighted by molar-refractivity contribution is -0.125. The number of carbonyl (C=O) groups excluding carboxylic acids is 1. The van der Waals surface area contributed by atoms with Gasteiger partial charge in [0.2, 0.25) is 0 Å². The van der Waals surface area contributed by atoms with Gasteiger partial charge in [0.15, 0.2) is 0 Å². The van der Waals surface area contributed by atoms with Crippen LogP contribution in [0.1, 0.15) is 18.9 Å². The number of nitrogens with zero attached hydrogens (tertiary/aromatic N) is 1. The van der Waals surface area contributed by atoms with Crippen LogP contribution in [-0.2, 0) is 16.0 Å². The first-order valence-corrected chi connectivity index (χ1v) is 8.77. The highest BCUT2D eigenvalue weighted by Crippen LogP contribution is 2.26. The molecule has 126 valence electrons. The average Bonchev–Trinajstić information content (AvgIpc) is 2.67. The Morgan fingerprint density at radius 2 is 1.71 bits per heavy atom. The fourth-order valence-electron chi connectivity index (χ4n) is 3.38. The van der Waals surface area contributed by atoms with Crippen LogP contribution in [0.4, 0.5) is 0 Å². The molecular weight excluding hydrogens is 298 g/mol. The quantitative estimate of drug-likeness (QED) is 0.814. The van der Waals surface area contributed by atoms with Crippen molar-refractivity contribution in [3.05, 3.63) is 60.2 Å². The van der Waals surface area contributed by atoms with Gasteiger partial charge in [-0.25, -0.2) is 0 Å². The standard InChI is InChI=1S/C21H25NO2/c1-2-21(23)20(22-12-14-24-15-13-22)16-18-10-6-7-11-19(18)17-8-4-3-5-9-17/h3-11,20H,2,12-16H2,1H3. The molecule has 2 aromatic carbocycles. The molecular formula is C21H25NO2. The number of morpholine rings is 1. The molecule has 1 unspecified atom stereocenters. The third-order valence-corrected chi connectivity index (χ3v) is 4.72. The number of Topliss-reactive ketones (excluding diaryl/α,β-unsaturated/α-hetero) is 1. The van der Waals surface area contributed by atoms with Crippen molar-refractivity contribution >= 4 is 5.78 Å². The number of ketones is 1. The summed E-state index contributed by atoms with van der Waals surface area (Å²) >= 11 is 0. The van der Waals surface area contributed by atoms with Crippen molar-refractivity contribution in [1.82, 2.24) is 4.90 Å². The van der Waals surface area contributed by atoms with Crippen molar-refractivity contribution in [2.24, 2.45) is 0 Å². The first kappa shape index (κ1) is 16.9. The van der Waals surface area contributed by atoms with Crippen LogP contribution in [0.3, 0.4) is 0 Å². The van der Waals surface area contributed by atoms with E-state index in [0.29, 0.717) is 25.4 Å². The van der Waals surface area contributed by atoms with Gasteiger partial charge in [0.05, 0.1) is 19.3 Å². The van der Waals surface area contributed by atoms with E-state index in [9.17, 15) is 4.79 Å². The second-order valence-electron chi connectivity index (χ2n) is 6.21. The maximum absolute atomic E-state index is 12.6. The van der Waals surface area contributed by atoms with Crippen LogP contribution in [0.15, 0.2) is 54.6 Å². The highest BCUT2D eigenvalue weighted by Gasteiger charge is 2.27. The van der Waals surface area contributed by atoms with Crippen LogP contribution in [0.25, 0.3) is 11.1 Å². The molecule has 0 bridgehead atoms. The Balaban J connectivity index is 1.88. The summed E-state index contributed by atoms with van der Waals surface area (Å²) in [6, 6.07) is 18.8. The third kappa shape index (κ3) is 3.92. The van der Waals surface area contributed by atoms with Gasteiger partial charge in [-0.05, 0) is 23.1 Å². The molecule has 2 aromatic rings. The maximum Gasteiger partial charge on any atom is 0.150 e. The summed E-state index contributed by atoms with van der Waals surface area (Å²) in [5, 5.41) is 0. The molecule has 3 heteroatoms. The first-order chi connectivity index (χ1) is 11.8. The van der Waals surface area contributed by atoms with E-state index in [1.54, 1.807) is 0 Å². The molecule has 1 aliphatic rings. The van der Waals surface area contributed by atoms with E-state index in [2.05, 4.69) is 53.4 Å². The normalized spacial score (nSPS) is 16.7. The van der Waals surface area contributed by atoms with Crippen molar-refractivity contribution in [3.8, 4) is 11.1 Å². The van der Waals surface area contributed by atoms with Crippen LogP contribution in [0, 0.1) is 0 Å². The van der Waals surface area contributed by atoms with E-state index in [1.807, 2.05) is 13.0 Å². The highest BCUT2D eigenvalue weighted by atomic mass is 16.5. The van der Waals surface area contributed by atoms with Crippen molar-refractivity contribution in [3.63, 3.8) is 0 Å². The van der Waals surface area contributed by atoms with Gasteiger partial charge in [0.25, 0.3) is 0 Å². The van der Waals surface area contributed by atoms with Crippen LogP contribution < -0.4 is 0 Å². The lowest BCUT2D eigenvalue weighted by Gasteiger charge is -2.34. The molecule has 0 N–H and O–H groups in total. The molecule has 24 heavy (non-hydrogen) atoms. The zero-order valence-electron chi connectivity index (χ0n) is 14.3. The maximum atomic E-state index is 12.6. The zero-order chi connectivity index (χ0) is 16.8. The van der Waals surface area contributed by atoms with Gasteiger partial charge in [0.1, 0.15) is 5.78 Å². The van der Waals surface area contributed by atoms with Gasteiger partial charge >= 0.3 is 0 Å². The molecule has 1 aliphatic heterocycles. The molecule has 0 amide bonds. The van der Waals surface area contributed by atoms with Crippen LogP contribution in [-0.4, -0.2) is 43.0 Å². The smallest absolute Gasteiger partial charge is 0.150 e. The summed E-state index contributed by atoms with van der Waals surface area (Å²) in [6.07, 6.45) is 1.34. The molecule has 3 nitrogen and oxygen atoms in total. The summed E-state index contributed by atoms with van der Waals surface area (Å²) in [5.41, 5.74) is 3.67. The van der Waals surface area contributed by atoms with Crippen LogP contribution in [0.5, 0.6) is 0 Å². The minimum atomic E-state index is -0.0521. The molecule has 0 aromatic heterocycles. The van der Waals surface area contributed by atoms with Crippen molar-refractivity contribution in [2.45, 2.75) is 25.8 Å². The average molecular weight is 323 g/mol. The Labute approximate surface area is 144 Å². The minimum Gasteiger partial charge on any atom is -0.379 e. The number of carbonyl (C=O) groups is 1. The van der Waals surface area contributed by atoms with Gasteiger partial charge in [0, 0.05) is 19.5 Å². The van der Waals surface area contributed by atoms with E-state index in [4.69, 9.17) is 4.74 Å². The SMILES string of the molecule is CCC(=O)C(Cc1ccccc1-c1ccccc1)N1CCOCC1. The van der Waals surface area contributed by atoms with Crippen molar-refractivity contribution < 1.29 is 9.53 Å². The van der Waals surface area contributed by atoms with E-state index >= 15 is 0 Å². The van der Waals surface area contributed by atoms with E-state index in [1.165, 1.54) is 16.7 Å². The predicted molar refractivity (Wildman–Crippen MR) is 97.1 cm³/mol. The van der Waals surface area contributed by atoms with Gasteiger partial charge in [-0.3, -0.25) is 9.69 Å². The largest absolute Gasteiger partial charge is 0.379 e. The molecule has 1 atom stereocenters. The molecule has 0 spiro atoms. The molecule has 1 saturated heterocycles. The fraction of sp³-hybridized carbons (Fsp3) is 0.381. The number of hydrogen-bond donors (Lipinski definition) is 0. The van der Waals surface area contributed by atoms with Crippen molar-refractivity contribution in [2.75, 3.05) is 26.3 Å². The van der Waals surface area contributed by atoms with Gasteiger partial charge < -0.3 is 4.74 Å². The highest BCUT2D eigenvalue weighted by molar-refractivity contribution is 5.84. The third-order valence-electron chi connectivity index (χ3n) is 4.72. The topological polar surface area (TPSA) is 29.5 Å². The van der Waals surface area contributed by atoms with Gasteiger partial charge in [-0.15, -0.1) is 0 Å². The first-order valence-electron chi connectivity index (χ1n) is 8.77. The Bertz CT molecular complexity index is 663. The fourth-order valence-corrected chi connectivity index (χ4v) is 3.38. The summed E-state index contributed by atoms with van der Waals surface area (Å²) in [6.45, 7) is 5.06. The Kier molecular flexibility index (Phi) is 5.78. The van der Waals surface area contributed by atoms with Gasteiger partial charge in [-0.1, -0.05) is 61.5 Å². The van der Waals surface area contributed by atoms with E-state index in [-0.39, 0.29) is 6.04 Å². The second kappa shape index (κ2) is 8.22. The van der Waals surface area contributed by atoms with Crippen LogP contribution >= 0.6 is 0 Å². The number of benzene rings is 2. The van der Waals surface area contributed by atoms with Gasteiger partial charge in [-0.2, -0.15) is 0 Å². The number of ether oxygens (including phenoxy) is 1. The zero-order valence-corrected chi connectivity index (χ0v) is 14.3. The number of rotatable bonds is 6. The Morgan fingerprint density at radius 1 is 1.04 bits per heavy atom.